The van der Waals surface area contributed by atoms with Crippen LogP contribution in [-0.2, 0) is 4.74 Å². The lowest BCUT2D eigenvalue weighted by atomic mass is 10.0. The van der Waals surface area contributed by atoms with Crippen molar-refractivity contribution in [3.63, 3.8) is 0 Å². The van der Waals surface area contributed by atoms with Gasteiger partial charge in [0.15, 0.2) is 0 Å². The highest BCUT2D eigenvalue weighted by Gasteiger charge is 2.28. The Morgan fingerprint density at radius 1 is 1.25 bits per heavy atom. The normalized spacial score (nSPS) is 16.2. The fourth-order valence-electron chi connectivity index (χ4n) is 0.706. The maximum atomic E-state index is 9.62. The van der Waals surface area contributed by atoms with Crippen LogP contribution in [0.15, 0.2) is 0 Å². The Morgan fingerprint density at radius 3 is 1.92 bits per heavy atom. The van der Waals surface area contributed by atoms with E-state index < -0.39 is 5.60 Å². The van der Waals surface area contributed by atoms with Crippen molar-refractivity contribution in [2.45, 2.75) is 65.3 Å². The molecule has 2 nitrogen and oxygen atoms in total. The van der Waals surface area contributed by atoms with Crippen molar-refractivity contribution in [1.29, 1.82) is 0 Å². The van der Waals surface area contributed by atoms with E-state index in [9.17, 15) is 5.11 Å². The first-order valence-corrected chi connectivity index (χ1v) is 4.59. The van der Waals surface area contributed by atoms with E-state index in [2.05, 4.69) is 6.92 Å². The van der Waals surface area contributed by atoms with Crippen molar-refractivity contribution < 1.29 is 9.84 Å². The zero-order valence-electron chi connectivity index (χ0n) is 9.14. The molecule has 0 aromatic heterocycles. The second-order valence-electron chi connectivity index (χ2n) is 4.53. The molecule has 0 heterocycles. The third-order valence-electron chi connectivity index (χ3n) is 2.34. The summed E-state index contributed by atoms with van der Waals surface area (Å²) in [5.74, 6) is 0. The van der Waals surface area contributed by atoms with E-state index in [0.717, 1.165) is 6.42 Å². The summed E-state index contributed by atoms with van der Waals surface area (Å²) in [5, 5.41) is 9.62. The molecule has 0 rings (SSSR count). The molecular weight excluding hydrogens is 152 g/mol. The molecule has 0 spiro atoms. The molecule has 0 aromatic rings. The molecule has 1 unspecified atom stereocenters. The number of rotatable bonds is 4. The summed E-state index contributed by atoms with van der Waals surface area (Å²) in [6, 6.07) is 0. The fraction of sp³-hybridized carbons (Fsp3) is 1.00. The lowest BCUT2D eigenvalue weighted by Crippen LogP contribution is -2.41. The molecule has 0 aliphatic heterocycles. The third-order valence-corrected chi connectivity index (χ3v) is 2.34. The monoisotopic (exact) mass is 174 g/mol. The van der Waals surface area contributed by atoms with Crippen LogP contribution in [0.5, 0.6) is 0 Å². The van der Waals surface area contributed by atoms with Crippen LogP contribution in [0.4, 0.5) is 0 Å². The standard InChI is InChI=1S/C10H22O2/c1-7-9(3,4)12-8(2)10(5,6)11/h8,11H,7H2,1-6H3. The van der Waals surface area contributed by atoms with Gasteiger partial charge in [-0.1, -0.05) is 6.92 Å². The van der Waals surface area contributed by atoms with Crippen molar-refractivity contribution in [1.82, 2.24) is 0 Å². The first-order chi connectivity index (χ1) is 5.19. The van der Waals surface area contributed by atoms with Crippen molar-refractivity contribution in [2.75, 3.05) is 0 Å². The molecule has 2 heteroatoms. The maximum Gasteiger partial charge on any atom is 0.0849 e. The molecule has 0 saturated heterocycles. The predicted molar refractivity (Wildman–Crippen MR) is 51.2 cm³/mol. The third kappa shape index (κ3) is 4.07. The number of ether oxygens (including phenoxy) is 1. The molecule has 74 valence electrons. The molecule has 12 heavy (non-hydrogen) atoms. The van der Waals surface area contributed by atoms with E-state index in [-0.39, 0.29) is 11.7 Å². The SMILES string of the molecule is CCC(C)(C)OC(C)C(C)(C)O. The van der Waals surface area contributed by atoms with Crippen LogP contribution < -0.4 is 0 Å². The van der Waals surface area contributed by atoms with Crippen LogP contribution in [0, 0.1) is 0 Å². The molecule has 1 N–H and O–H groups in total. The average Bonchev–Trinajstić information content (AvgIpc) is 1.85. The van der Waals surface area contributed by atoms with Gasteiger partial charge in [0, 0.05) is 0 Å². The van der Waals surface area contributed by atoms with Gasteiger partial charge in [0.1, 0.15) is 0 Å². The number of hydrogen-bond donors (Lipinski definition) is 1. The van der Waals surface area contributed by atoms with E-state index in [1.165, 1.54) is 0 Å². The number of aliphatic hydroxyl groups is 1. The highest BCUT2D eigenvalue weighted by molar-refractivity contribution is 4.78. The highest BCUT2D eigenvalue weighted by Crippen LogP contribution is 2.21. The Labute approximate surface area is 75.9 Å². The number of hydrogen-bond acceptors (Lipinski definition) is 2. The van der Waals surface area contributed by atoms with Gasteiger partial charge < -0.3 is 9.84 Å². The molecule has 0 amide bonds. The molecule has 1 atom stereocenters. The van der Waals surface area contributed by atoms with Crippen LogP contribution >= 0.6 is 0 Å². The van der Waals surface area contributed by atoms with Crippen LogP contribution in [0.3, 0.4) is 0 Å². The Kier molecular flexibility index (Phi) is 3.73. The van der Waals surface area contributed by atoms with Crippen molar-refractivity contribution in [3.05, 3.63) is 0 Å². The van der Waals surface area contributed by atoms with Crippen molar-refractivity contribution >= 4 is 0 Å². The molecular formula is C10H22O2. The topological polar surface area (TPSA) is 29.5 Å². The average molecular weight is 174 g/mol. The van der Waals surface area contributed by atoms with Gasteiger partial charge in [-0.05, 0) is 41.0 Å². The van der Waals surface area contributed by atoms with Gasteiger partial charge in [-0.25, -0.2) is 0 Å². The van der Waals surface area contributed by atoms with Gasteiger partial charge in [0.05, 0.1) is 17.3 Å². The minimum Gasteiger partial charge on any atom is -0.388 e. The molecule has 0 saturated carbocycles. The van der Waals surface area contributed by atoms with E-state index in [1.54, 1.807) is 13.8 Å². The van der Waals surface area contributed by atoms with Crippen molar-refractivity contribution in [3.8, 4) is 0 Å². The highest BCUT2D eigenvalue weighted by atomic mass is 16.5. The summed E-state index contributed by atoms with van der Waals surface area (Å²) in [5.41, 5.74) is -0.897. The largest absolute Gasteiger partial charge is 0.388 e. The van der Waals surface area contributed by atoms with Crippen LogP contribution in [0.2, 0.25) is 0 Å². The predicted octanol–water partition coefficient (Wildman–Crippen LogP) is 2.35. The van der Waals surface area contributed by atoms with Gasteiger partial charge in [-0.2, -0.15) is 0 Å². The minimum absolute atomic E-state index is 0.132. The van der Waals surface area contributed by atoms with E-state index in [0.29, 0.717) is 0 Å². The summed E-state index contributed by atoms with van der Waals surface area (Å²) in [4.78, 5) is 0. The van der Waals surface area contributed by atoms with Gasteiger partial charge in [-0.3, -0.25) is 0 Å². The van der Waals surface area contributed by atoms with Crippen LogP contribution in [0.1, 0.15) is 48.0 Å². The lowest BCUT2D eigenvalue weighted by Gasteiger charge is -2.34. The van der Waals surface area contributed by atoms with Gasteiger partial charge in [-0.15, -0.1) is 0 Å². The quantitative estimate of drug-likeness (QED) is 0.709. The summed E-state index contributed by atoms with van der Waals surface area (Å²) >= 11 is 0. The molecule has 0 bridgehead atoms. The maximum absolute atomic E-state index is 9.62. The summed E-state index contributed by atoms with van der Waals surface area (Å²) in [6.45, 7) is 11.6. The smallest absolute Gasteiger partial charge is 0.0849 e. The first-order valence-electron chi connectivity index (χ1n) is 4.59. The Balaban J connectivity index is 4.09. The summed E-state index contributed by atoms with van der Waals surface area (Å²) in [7, 11) is 0. The molecule has 0 aliphatic carbocycles. The second-order valence-corrected chi connectivity index (χ2v) is 4.53. The van der Waals surface area contributed by atoms with Gasteiger partial charge in [0.25, 0.3) is 0 Å². The molecule has 0 fully saturated rings. The summed E-state index contributed by atoms with van der Waals surface area (Å²) in [6.07, 6.45) is 0.820. The Morgan fingerprint density at radius 2 is 1.67 bits per heavy atom. The second kappa shape index (κ2) is 3.75. The summed E-state index contributed by atoms with van der Waals surface area (Å²) < 4.78 is 5.70. The molecule has 0 radical (unpaired) electrons. The van der Waals surface area contributed by atoms with E-state index in [4.69, 9.17) is 4.74 Å². The van der Waals surface area contributed by atoms with E-state index >= 15 is 0 Å². The lowest BCUT2D eigenvalue weighted by molar-refractivity contribution is -0.143. The van der Waals surface area contributed by atoms with Gasteiger partial charge >= 0.3 is 0 Å². The Hall–Kier alpha value is -0.0800. The van der Waals surface area contributed by atoms with Crippen molar-refractivity contribution in [2.24, 2.45) is 0 Å². The van der Waals surface area contributed by atoms with Crippen LogP contribution in [-0.4, -0.2) is 22.4 Å². The zero-order valence-corrected chi connectivity index (χ0v) is 9.14. The molecule has 0 aliphatic rings. The zero-order chi connectivity index (χ0) is 9.99. The molecule has 0 aromatic carbocycles. The fourth-order valence-corrected chi connectivity index (χ4v) is 0.706. The van der Waals surface area contributed by atoms with Gasteiger partial charge in [0.2, 0.25) is 0 Å². The van der Waals surface area contributed by atoms with E-state index in [1.807, 2.05) is 20.8 Å². The minimum atomic E-state index is -0.757. The Bertz CT molecular complexity index is 133. The first kappa shape index (κ1) is 11.9. The van der Waals surface area contributed by atoms with Crippen LogP contribution in [0.25, 0.3) is 0 Å².